The number of hydrogen-bond donors (Lipinski definition) is 2. The lowest BCUT2D eigenvalue weighted by molar-refractivity contribution is -0.130. The third-order valence-corrected chi connectivity index (χ3v) is 4.23. The number of allylic oxidation sites excluding steroid dienone is 1. The third kappa shape index (κ3) is 4.12. The fourth-order valence-corrected chi connectivity index (χ4v) is 2.96. The number of fused-ring (bicyclic) bond motifs is 1. The van der Waals surface area contributed by atoms with Gasteiger partial charge in [-0.15, -0.1) is 0 Å². The van der Waals surface area contributed by atoms with Crippen molar-refractivity contribution in [2.24, 2.45) is 0 Å². The van der Waals surface area contributed by atoms with E-state index in [4.69, 9.17) is 4.74 Å². The molecule has 0 radical (unpaired) electrons. The molecule has 0 saturated carbocycles. The van der Waals surface area contributed by atoms with Crippen LogP contribution in [0.2, 0.25) is 0 Å². The molecule has 0 spiro atoms. The lowest BCUT2D eigenvalue weighted by atomic mass is 9.97. The van der Waals surface area contributed by atoms with Crippen LogP contribution < -0.4 is 15.4 Å². The van der Waals surface area contributed by atoms with Crippen LogP contribution in [0.25, 0.3) is 0 Å². The van der Waals surface area contributed by atoms with Gasteiger partial charge >= 0.3 is 0 Å². The summed E-state index contributed by atoms with van der Waals surface area (Å²) in [4.78, 5) is 24.0. The molecule has 5 nitrogen and oxygen atoms in total. The van der Waals surface area contributed by atoms with Gasteiger partial charge in [-0.3, -0.25) is 9.59 Å². The molecule has 122 valence electrons. The van der Waals surface area contributed by atoms with E-state index in [0.29, 0.717) is 18.0 Å². The van der Waals surface area contributed by atoms with Crippen LogP contribution in [0.15, 0.2) is 35.9 Å². The molecule has 3 rings (SSSR count). The molecular weight excluding hydrogens is 292 g/mol. The molecule has 23 heavy (non-hydrogen) atoms. The summed E-state index contributed by atoms with van der Waals surface area (Å²) in [6.45, 7) is 0.621. The molecule has 2 N–H and O–H groups in total. The van der Waals surface area contributed by atoms with Gasteiger partial charge in [-0.05, 0) is 44.2 Å². The minimum Gasteiger partial charge on any atom is -0.478 e. The van der Waals surface area contributed by atoms with E-state index in [0.717, 1.165) is 19.3 Å². The van der Waals surface area contributed by atoms with E-state index in [1.54, 1.807) is 12.1 Å². The highest BCUT2D eigenvalue weighted by Gasteiger charge is 2.29. The zero-order chi connectivity index (χ0) is 16.1. The highest BCUT2D eigenvalue weighted by molar-refractivity contribution is 5.99. The van der Waals surface area contributed by atoms with Crippen LogP contribution >= 0.6 is 0 Å². The number of nitrogens with one attached hydrogen (secondary N) is 2. The van der Waals surface area contributed by atoms with Gasteiger partial charge in [-0.2, -0.15) is 0 Å². The number of carbonyl (C=O) groups excluding carboxylic acids is 2. The third-order valence-electron chi connectivity index (χ3n) is 4.23. The van der Waals surface area contributed by atoms with Crippen LogP contribution in [0, 0.1) is 0 Å². The summed E-state index contributed by atoms with van der Waals surface area (Å²) >= 11 is 0. The lowest BCUT2D eigenvalue weighted by Gasteiger charge is -2.25. The smallest absolute Gasteiger partial charge is 0.266 e. The van der Waals surface area contributed by atoms with Crippen LogP contribution in [-0.4, -0.2) is 24.5 Å². The predicted molar refractivity (Wildman–Crippen MR) is 88.3 cm³/mol. The van der Waals surface area contributed by atoms with Crippen LogP contribution in [0.4, 0.5) is 5.69 Å². The van der Waals surface area contributed by atoms with Gasteiger partial charge in [0.1, 0.15) is 5.75 Å². The first-order valence-electron chi connectivity index (χ1n) is 8.23. The van der Waals surface area contributed by atoms with Gasteiger partial charge in [-0.1, -0.05) is 23.8 Å². The van der Waals surface area contributed by atoms with Gasteiger partial charge in [0.05, 0.1) is 12.1 Å². The number of anilines is 1. The number of benzene rings is 1. The summed E-state index contributed by atoms with van der Waals surface area (Å²) in [6.07, 6.45) is 7.26. The van der Waals surface area contributed by atoms with Gasteiger partial charge in [0.25, 0.3) is 5.91 Å². The molecule has 0 saturated heterocycles. The topological polar surface area (TPSA) is 67.4 Å². The van der Waals surface area contributed by atoms with Crippen molar-refractivity contribution < 1.29 is 14.3 Å². The van der Waals surface area contributed by atoms with Gasteiger partial charge < -0.3 is 15.4 Å². The Hall–Kier alpha value is -2.30. The van der Waals surface area contributed by atoms with Crippen molar-refractivity contribution in [3.05, 3.63) is 35.9 Å². The van der Waals surface area contributed by atoms with Gasteiger partial charge in [0.2, 0.25) is 5.91 Å². The maximum Gasteiger partial charge on any atom is 0.266 e. The second-order valence-electron chi connectivity index (χ2n) is 6.00. The Labute approximate surface area is 136 Å². The molecule has 1 aromatic carbocycles. The first-order chi connectivity index (χ1) is 11.2. The molecule has 0 fully saturated rings. The normalized spacial score (nSPS) is 19.9. The molecular formula is C18H22N2O3. The molecule has 0 bridgehead atoms. The number of para-hydroxylation sites is 2. The second-order valence-corrected chi connectivity index (χ2v) is 6.00. The number of hydrogen-bond acceptors (Lipinski definition) is 3. The summed E-state index contributed by atoms with van der Waals surface area (Å²) < 4.78 is 5.63. The van der Waals surface area contributed by atoms with E-state index < -0.39 is 6.10 Å². The van der Waals surface area contributed by atoms with E-state index in [9.17, 15) is 9.59 Å². The van der Waals surface area contributed by atoms with Crippen molar-refractivity contribution in [3.8, 4) is 5.75 Å². The van der Waals surface area contributed by atoms with Gasteiger partial charge in [-0.25, -0.2) is 0 Å². The molecule has 1 aliphatic carbocycles. The number of carbonyl (C=O) groups is 2. The summed E-state index contributed by atoms with van der Waals surface area (Å²) in [5.74, 6) is 0.187. The molecule has 5 heteroatoms. The summed E-state index contributed by atoms with van der Waals surface area (Å²) in [6, 6.07) is 7.23. The number of rotatable bonds is 5. The summed E-state index contributed by atoms with van der Waals surface area (Å²) in [5.41, 5.74) is 2.08. The van der Waals surface area contributed by atoms with E-state index >= 15 is 0 Å². The summed E-state index contributed by atoms with van der Waals surface area (Å²) in [7, 11) is 0. The maximum absolute atomic E-state index is 12.0. The molecule has 1 unspecified atom stereocenters. The van der Waals surface area contributed by atoms with E-state index in [2.05, 4.69) is 16.7 Å². The standard InChI is InChI=1S/C18H22N2O3/c21-17(19-11-10-13-6-2-1-3-7-13)12-16-18(22)20-14-8-4-5-9-15(14)23-16/h4-6,8-9,16H,1-3,7,10-12H2,(H,19,21)(H,20,22). The van der Waals surface area contributed by atoms with Crippen molar-refractivity contribution in [1.29, 1.82) is 0 Å². The molecule has 1 heterocycles. The Morgan fingerprint density at radius 1 is 1.30 bits per heavy atom. The van der Waals surface area contributed by atoms with E-state index in [1.807, 2.05) is 12.1 Å². The van der Waals surface area contributed by atoms with Gasteiger partial charge in [0.15, 0.2) is 6.10 Å². The van der Waals surface area contributed by atoms with Crippen molar-refractivity contribution >= 4 is 17.5 Å². The SMILES string of the molecule is O=C(CC1Oc2ccccc2NC1=O)NCCC1=CCCCC1. The average molecular weight is 314 g/mol. The zero-order valence-corrected chi connectivity index (χ0v) is 13.1. The Balaban J connectivity index is 1.46. The lowest BCUT2D eigenvalue weighted by Crippen LogP contribution is -2.41. The fourth-order valence-electron chi connectivity index (χ4n) is 2.96. The highest BCUT2D eigenvalue weighted by Crippen LogP contribution is 2.29. The minimum atomic E-state index is -0.765. The first kappa shape index (κ1) is 15.6. The molecule has 2 aliphatic rings. The number of ether oxygens (including phenoxy) is 1. The van der Waals surface area contributed by atoms with Crippen LogP contribution in [0.1, 0.15) is 38.5 Å². The monoisotopic (exact) mass is 314 g/mol. The second kappa shape index (κ2) is 7.31. The molecule has 0 aromatic heterocycles. The Morgan fingerprint density at radius 3 is 3.00 bits per heavy atom. The zero-order valence-electron chi connectivity index (χ0n) is 13.1. The predicted octanol–water partition coefficient (Wildman–Crippen LogP) is 2.78. The van der Waals surface area contributed by atoms with Crippen molar-refractivity contribution in [2.45, 2.75) is 44.6 Å². The van der Waals surface area contributed by atoms with Crippen LogP contribution in [-0.2, 0) is 9.59 Å². The maximum atomic E-state index is 12.0. The Kier molecular flexibility index (Phi) is 4.95. The molecule has 1 aliphatic heterocycles. The minimum absolute atomic E-state index is 0.0409. The summed E-state index contributed by atoms with van der Waals surface area (Å²) in [5, 5.41) is 5.65. The molecule has 2 amide bonds. The van der Waals surface area contributed by atoms with E-state index in [-0.39, 0.29) is 18.2 Å². The van der Waals surface area contributed by atoms with Crippen molar-refractivity contribution in [2.75, 3.05) is 11.9 Å². The Bertz CT molecular complexity index is 624. The van der Waals surface area contributed by atoms with Crippen LogP contribution in [0.3, 0.4) is 0 Å². The number of amides is 2. The van der Waals surface area contributed by atoms with E-state index in [1.165, 1.54) is 18.4 Å². The fraction of sp³-hybridized carbons (Fsp3) is 0.444. The Morgan fingerprint density at radius 2 is 2.17 bits per heavy atom. The quantitative estimate of drug-likeness (QED) is 0.821. The molecule has 1 atom stereocenters. The highest BCUT2D eigenvalue weighted by atomic mass is 16.5. The van der Waals surface area contributed by atoms with Gasteiger partial charge in [0, 0.05) is 6.54 Å². The first-order valence-corrected chi connectivity index (χ1v) is 8.23. The van der Waals surface area contributed by atoms with Crippen LogP contribution in [0.5, 0.6) is 5.75 Å². The van der Waals surface area contributed by atoms with Crippen molar-refractivity contribution in [3.63, 3.8) is 0 Å². The largest absolute Gasteiger partial charge is 0.478 e. The average Bonchev–Trinajstić information content (AvgIpc) is 2.56. The molecule has 1 aromatic rings. The van der Waals surface area contributed by atoms with Crippen molar-refractivity contribution in [1.82, 2.24) is 5.32 Å².